The Labute approximate surface area is 127 Å². The molecule has 1 aliphatic rings. The Balaban J connectivity index is 1.95. The van der Waals surface area contributed by atoms with Crippen LogP contribution in [0.3, 0.4) is 0 Å². The number of sulfonamides is 1. The van der Waals surface area contributed by atoms with Gasteiger partial charge in [0.1, 0.15) is 13.2 Å². The van der Waals surface area contributed by atoms with Gasteiger partial charge in [-0.25, -0.2) is 8.42 Å². The van der Waals surface area contributed by atoms with Crippen LogP contribution >= 0.6 is 11.6 Å². The minimum absolute atomic E-state index is 0.163. The molecule has 0 saturated carbocycles. The summed E-state index contributed by atoms with van der Waals surface area (Å²) in [4.78, 5) is 0.163. The monoisotopic (exact) mass is 325 g/mol. The number of hydrogen-bond donors (Lipinski definition) is 1. The lowest BCUT2D eigenvalue weighted by Crippen LogP contribution is -2.17. The quantitative estimate of drug-likeness (QED) is 0.942. The zero-order valence-electron chi connectivity index (χ0n) is 10.9. The maximum Gasteiger partial charge on any atom is 0.261 e. The van der Waals surface area contributed by atoms with E-state index in [-0.39, 0.29) is 15.6 Å². The van der Waals surface area contributed by atoms with Gasteiger partial charge >= 0.3 is 0 Å². The van der Waals surface area contributed by atoms with Gasteiger partial charge in [-0.05, 0) is 12.1 Å². The van der Waals surface area contributed by atoms with Crippen LogP contribution in [0.2, 0.25) is 5.02 Å². The number of rotatable bonds is 3. The number of ether oxygens (including phenoxy) is 2. The Morgan fingerprint density at radius 2 is 1.62 bits per heavy atom. The van der Waals surface area contributed by atoms with Crippen molar-refractivity contribution in [2.45, 2.75) is 4.90 Å². The van der Waals surface area contributed by atoms with E-state index in [9.17, 15) is 8.42 Å². The Kier molecular flexibility index (Phi) is 3.65. The van der Waals surface area contributed by atoms with Crippen LogP contribution in [0.5, 0.6) is 11.5 Å². The van der Waals surface area contributed by atoms with Crippen LogP contribution in [0.15, 0.2) is 47.4 Å². The summed E-state index contributed by atoms with van der Waals surface area (Å²) in [6, 6.07) is 11.1. The van der Waals surface area contributed by atoms with Crippen LogP contribution in [-0.4, -0.2) is 21.6 Å². The second kappa shape index (κ2) is 5.46. The van der Waals surface area contributed by atoms with Crippen LogP contribution in [0.4, 0.5) is 5.69 Å². The molecule has 21 heavy (non-hydrogen) atoms. The van der Waals surface area contributed by atoms with Crippen LogP contribution in [0.1, 0.15) is 0 Å². The molecule has 1 aliphatic heterocycles. The van der Waals surface area contributed by atoms with E-state index in [1.54, 1.807) is 24.3 Å². The first-order valence-corrected chi connectivity index (χ1v) is 8.09. The number of fused-ring (bicyclic) bond motifs is 1. The SMILES string of the molecule is O=S(=O)(Nc1cc2c(cc1Cl)OCCO2)c1ccccc1. The molecule has 0 amide bonds. The highest BCUT2D eigenvalue weighted by molar-refractivity contribution is 7.92. The van der Waals surface area contributed by atoms with Crippen molar-refractivity contribution in [2.75, 3.05) is 17.9 Å². The molecule has 0 bridgehead atoms. The van der Waals surface area contributed by atoms with Crippen molar-refractivity contribution in [3.05, 3.63) is 47.5 Å². The third kappa shape index (κ3) is 2.91. The second-order valence-electron chi connectivity index (χ2n) is 4.39. The van der Waals surface area contributed by atoms with Crippen molar-refractivity contribution in [3.8, 4) is 11.5 Å². The highest BCUT2D eigenvalue weighted by Crippen LogP contribution is 2.38. The fourth-order valence-electron chi connectivity index (χ4n) is 1.95. The second-order valence-corrected chi connectivity index (χ2v) is 6.48. The van der Waals surface area contributed by atoms with Gasteiger partial charge in [0, 0.05) is 12.1 Å². The number of anilines is 1. The molecule has 110 valence electrons. The molecule has 0 aliphatic carbocycles. The molecule has 2 aromatic carbocycles. The molecule has 1 N–H and O–H groups in total. The molecule has 7 heteroatoms. The average Bonchev–Trinajstić information content (AvgIpc) is 2.49. The maximum absolute atomic E-state index is 12.3. The van der Waals surface area contributed by atoms with Gasteiger partial charge in [-0.1, -0.05) is 29.8 Å². The van der Waals surface area contributed by atoms with Crippen LogP contribution in [-0.2, 0) is 10.0 Å². The molecule has 0 aromatic heterocycles. The summed E-state index contributed by atoms with van der Waals surface area (Å²) >= 11 is 6.09. The Hall–Kier alpha value is -1.92. The molecule has 0 fully saturated rings. The standard InChI is InChI=1S/C14H12ClNO4S/c15-11-8-13-14(20-7-6-19-13)9-12(11)16-21(17,18)10-4-2-1-3-5-10/h1-5,8-9,16H,6-7H2. The number of hydrogen-bond acceptors (Lipinski definition) is 4. The Bertz CT molecular complexity index is 762. The first kappa shape index (κ1) is 14.0. The lowest BCUT2D eigenvalue weighted by molar-refractivity contribution is 0.171. The van der Waals surface area contributed by atoms with Crippen molar-refractivity contribution in [1.82, 2.24) is 0 Å². The van der Waals surface area contributed by atoms with Gasteiger partial charge in [0.2, 0.25) is 0 Å². The molecule has 0 saturated heterocycles. The molecule has 0 atom stereocenters. The third-order valence-corrected chi connectivity index (χ3v) is 4.62. The maximum atomic E-state index is 12.3. The van der Waals surface area contributed by atoms with Crippen LogP contribution in [0.25, 0.3) is 0 Å². The predicted molar refractivity (Wildman–Crippen MR) is 79.7 cm³/mol. The van der Waals surface area contributed by atoms with Gasteiger partial charge in [0.15, 0.2) is 11.5 Å². The molecule has 0 unspecified atom stereocenters. The largest absolute Gasteiger partial charge is 0.486 e. The zero-order valence-corrected chi connectivity index (χ0v) is 12.4. The smallest absolute Gasteiger partial charge is 0.261 e. The first-order chi connectivity index (χ1) is 10.1. The van der Waals surface area contributed by atoms with Gasteiger partial charge < -0.3 is 9.47 Å². The van der Waals surface area contributed by atoms with Crippen molar-refractivity contribution in [2.24, 2.45) is 0 Å². The number of benzene rings is 2. The van der Waals surface area contributed by atoms with E-state index in [4.69, 9.17) is 21.1 Å². The van der Waals surface area contributed by atoms with E-state index in [1.807, 2.05) is 0 Å². The van der Waals surface area contributed by atoms with E-state index < -0.39 is 10.0 Å². The summed E-state index contributed by atoms with van der Waals surface area (Å²) in [6.45, 7) is 0.859. The Morgan fingerprint density at radius 3 is 2.29 bits per heavy atom. The molecular weight excluding hydrogens is 314 g/mol. The van der Waals surface area contributed by atoms with Gasteiger partial charge in [-0.15, -0.1) is 0 Å². The third-order valence-electron chi connectivity index (χ3n) is 2.93. The molecule has 0 spiro atoms. The first-order valence-electron chi connectivity index (χ1n) is 6.23. The summed E-state index contributed by atoms with van der Waals surface area (Å²) in [5.74, 6) is 0.977. The van der Waals surface area contributed by atoms with Crippen LogP contribution < -0.4 is 14.2 Å². The molecule has 0 radical (unpaired) electrons. The highest BCUT2D eigenvalue weighted by Gasteiger charge is 2.19. The topological polar surface area (TPSA) is 64.6 Å². The predicted octanol–water partition coefficient (Wildman–Crippen LogP) is 2.91. The lowest BCUT2D eigenvalue weighted by Gasteiger charge is -2.20. The number of nitrogens with one attached hydrogen (secondary N) is 1. The summed E-state index contributed by atoms with van der Waals surface area (Å²) in [5, 5.41) is 0.249. The van der Waals surface area contributed by atoms with Crippen LogP contribution in [0, 0.1) is 0 Å². The van der Waals surface area contributed by atoms with E-state index in [2.05, 4.69) is 4.72 Å². The molecule has 3 rings (SSSR count). The zero-order chi connectivity index (χ0) is 14.9. The average molecular weight is 326 g/mol. The van der Waals surface area contributed by atoms with Crippen molar-refractivity contribution >= 4 is 27.3 Å². The summed E-state index contributed by atoms with van der Waals surface area (Å²) in [7, 11) is -3.69. The van der Waals surface area contributed by atoms with Gasteiger partial charge in [-0.3, -0.25) is 4.72 Å². The lowest BCUT2D eigenvalue weighted by atomic mass is 10.2. The summed E-state index contributed by atoms with van der Waals surface area (Å²) in [5.41, 5.74) is 0.254. The highest BCUT2D eigenvalue weighted by atomic mass is 35.5. The fraction of sp³-hybridized carbons (Fsp3) is 0.143. The van der Waals surface area contributed by atoms with E-state index >= 15 is 0 Å². The van der Waals surface area contributed by atoms with Crippen molar-refractivity contribution < 1.29 is 17.9 Å². The normalized spacial score (nSPS) is 13.8. The summed E-state index contributed by atoms with van der Waals surface area (Å²) < 4.78 is 37.8. The Morgan fingerprint density at radius 1 is 1.00 bits per heavy atom. The molecule has 1 heterocycles. The van der Waals surface area contributed by atoms with Gasteiger partial charge in [-0.2, -0.15) is 0 Å². The van der Waals surface area contributed by atoms with Gasteiger partial charge in [0.25, 0.3) is 10.0 Å². The van der Waals surface area contributed by atoms with E-state index in [1.165, 1.54) is 18.2 Å². The van der Waals surface area contributed by atoms with Crippen molar-refractivity contribution in [1.29, 1.82) is 0 Å². The molecule has 5 nitrogen and oxygen atoms in total. The molecular formula is C14H12ClNO4S. The van der Waals surface area contributed by atoms with E-state index in [0.717, 1.165) is 0 Å². The molecule has 2 aromatic rings. The van der Waals surface area contributed by atoms with Gasteiger partial charge in [0.05, 0.1) is 15.6 Å². The minimum atomic E-state index is -3.69. The van der Waals surface area contributed by atoms with Crippen molar-refractivity contribution in [3.63, 3.8) is 0 Å². The fourth-order valence-corrected chi connectivity index (χ4v) is 3.29. The summed E-state index contributed by atoms with van der Waals surface area (Å²) in [6.07, 6.45) is 0. The minimum Gasteiger partial charge on any atom is -0.486 e. The van der Waals surface area contributed by atoms with E-state index in [0.29, 0.717) is 24.7 Å². The number of halogens is 1.